The lowest BCUT2D eigenvalue weighted by Gasteiger charge is -2.35. The second-order valence-electron chi connectivity index (χ2n) is 6.91. The second kappa shape index (κ2) is 10.3. The summed E-state index contributed by atoms with van der Waals surface area (Å²) in [4.78, 5) is 40.9. The van der Waals surface area contributed by atoms with Gasteiger partial charge in [-0.2, -0.15) is 18.2 Å². The smallest absolute Gasteiger partial charge is 0.382 e. The fourth-order valence-corrected chi connectivity index (χ4v) is 4.02. The Morgan fingerprint density at radius 1 is 1.24 bits per heavy atom. The summed E-state index contributed by atoms with van der Waals surface area (Å²) in [5, 5.41) is 3.10. The van der Waals surface area contributed by atoms with Gasteiger partial charge in [-0.25, -0.2) is 0 Å². The number of carbonyl (C=O) groups is 3. The van der Waals surface area contributed by atoms with Crippen molar-refractivity contribution in [3.8, 4) is 0 Å². The predicted molar refractivity (Wildman–Crippen MR) is 116 cm³/mol. The number of hydrogen-bond acceptors (Lipinski definition) is 5. The van der Waals surface area contributed by atoms with Crippen LogP contribution < -0.4 is 11.1 Å². The number of nitrogens with zero attached hydrogens (tertiary/aromatic N) is 2. The van der Waals surface area contributed by atoms with Crippen molar-refractivity contribution in [1.29, 1.82) is 0 Å². The van der Waals surface area contributed by atoms with E-state index in [-0.39, 0.29) is 28.8 Å². The maximum Gasteiger partial charge on any atom is 0.473 e. The number of nitrogens with two attached hydrogens (primary N) is 1. The normalized spacial score (nSPS) is 17.0. The Morgan fingerprint density at radius 3 is 2.67 bits per heavy atom. The number of thiophene rings is 1. The summed E-state index contributed by atoms with van der Waals surface area (Å²) in [5.74, 6) is -3.75. The number of morpholine rings is 1. The van der Waals surface area contributed by atoms with Crippen LogP contribution in [0.25, 0.3) is 0 Å². The Morgan fingerprint density at radius 2 is 1.97 bits per heavy atom. The van der Waals surface area contributed by atoms with Gasteiger partial charge in [-0.05, 0) is 30.3 Å². The van der Waals surface area contributed by atoms with Crippen molar-refractivity contribution in [3.63, 3.8) is 0 Å². The Hall–Kier alpha value is -2.96. The van der Waals surface area contributed by atoms with Crippen LogP contribution in [0.1, 0.15) is 24.9 Å². The topological polar surface area (TPSA) is 114 Å². The zero-order valence-electron chi connectivity index (χ0n) is 16.9. The van der Waals surface area contributed by atoms with Gasteiger partial charge in [-0.15, -0.1) is 11.3 Å². The Labute approximate surface area is 195 Å². The number of rotatable bonds is 5. The number of nitrogens with one attached hydrogen (secondary N) is 1. The third-order valence-electron chi connectivity index (χ3n) is 4.60. The molecule has 2 heterocycles. The van der Waals surface area contributed by atoms with Crippen molar-refractivity contribution in [1.82, 2.24) is 10.2 Å². The minimum absolute atomic E-state index is 0.0384. The molecule has 0 spiro atoms. The van der Waals surface area contributed by atoms with E-state index in [9.17, 15) is 27.6 Å². The molecule has 1 unspecified atom stereocenters. The molecule has 3 amide bonds. The van der Waals surface area contributed by atoms with Gasteiger partial charge in [0.1, 0.15) is 5.84 Å². The van der Waals surface area contributed by atoms with E-state index in [0.29, 0.717) is 23.7 Å². The lowest BCUT2D eigenvalue weighted by molar-refractivity contribution is -0.169. The molecular formula is C20H18ClF3N4O4S. The number of ether oxygens (including phenoxy) is 1. The first-order chi connectivity index (χ1) is 15.6. The minimum Gasteiger partial charge on any atom is -0.382 e. The molecule has 1 saturated heterocycles. The maximum absolute atomic E-state index is 12.9. The fraction of sp³-hybridized carbons (Fsp3) is 0.300. The summed E-state index contributed by atoms with van der Waals surface area (Å²) in [5.41, 5.74) is 5.86. The average molecular weight is 503 g/mol. The number of alkyl halides is 3. The average Bonchev–Trinajstić information content (AvgIpc) is 3.27. The minimum atomic E-state index is -5.14. The molecule has 33 heavy (non-hydrogen) atoms. The van der Waals surface area contributed by atoms with Gasteiger partial charge in [0.25, 0.3) is 11.8 Å². The van der Waals surface area contributed by atoms with Gasteiger partial charge in [0.15, 0.2) is 0 Å². The van der Waals surface area contributed by atoms with Gasteiger partial charge in [0.2, 0.25) is 0 Å². The van der Waals surface area contributed by atoms with Crippen LogP contribution in [0.15, 0.2) is 41.4 Å². The summed E-state index contributed by atoms with van der Waals surface area (Å²) in [7, 11) is 0. The molecule has 1 aromatic heterocycles. The van der Waals surface area contributed by atoms with Gasteiger partial charge >= 0.3 is 12.1 Å². The highest BCUT2D eigenvalue weighted by atomic mass is 35.5. The lowest BCUT2D eigenvalue weighted by atomic mass is 10.1. The monoisotopic (exact) mass is 502 g/mol. The number of halogens is 4. The largest absolute Gasteiger partial charge is 0.473 e. The van der Waals surface area contributed by atoms with E-state index in [1.807, 2.05) is 0 Å². The van der Waals surface area contributed by atoms with Crippen molar-refractivity contribution in [2.45, 2.75) is 12.2 Å². The van der Waals surface area contributed by atoms with Crippen molar-refractivity contribution in [3.05, 3.63) is 56.7 Å². The van der Waals surface area contributed by atoms with E-state index in [0.717, 1.165) is 11.3 Å². The molecule has 13 heteroatoms. The molecule has 2 aromatic rings. The van der Waals surface area contributed by atoms with E-state index >= 15 is 0 Å². The number of benzene rings is 1. The summed E-state index contributed by atoms with van der Waals surface area (Å²) in [6, 6.07) is 8.71. The molecule has 1 fully saturated rings. The Bertz CT molecular complexity index is 1090. The SMILES string of the molecule is NC(=NC(=O)C(F)(F)F)c1ccc(C(=O)NCC2COCCN2C(=O)c2cccc(Cl)c2)s1. The molecule has 1 atom stereocenters. The molecule has 1 aliphatic rings. The molecule has 0 bridgehead atoms. The highest BCUT2D eigenvalue weighted by Gasteiger charge is 2.39. The summed E-state index contributed by atoms with van der Waals surface area (Å²) in [6.07, 6.45) is -5.14. The van der Waals surface area contributed by atoms with E-state index in [2.05, 4.69) is 10.3 Å². The van der Waals surface area contributed by atoms with Crippen molar-refractivity contribution in [2.75, 3.05) is 26.3 Å². The van der Waals surface area contributed by atoms with Gasteiger partial charge in [-0.3, -0.25) is 14.4 Å². The van der Waals surface area contributed by atoms with Gasteiger partial charge in [0.05, 0.1) is 29.0 Å². The number of amidine groups is 1. The highest BCUT2D eigenvalue weighted by molar-refractivity contribution is 7.16. The van der Waals surface area contributed by atoms with E-state index in [4.69, 9.17) is 22.1 Å². The standard InChI is InChI=1S/C20H18ClF3N4O4S/c21-12-3-1-2-11(8-12)18(30)28-6-7-32-10-13(28)9-26-17(29)15-5-4-14(33-15)16(25)27-19(31)20(22,23)24/h1-5,8,13H,6-7,9-10H2,(H,26,29)(H2,25,27,31). The number of amides is 3. The first-order valence-electron chi connectivity index (χ1n) is 9.54. The molecule has 0 saturated carbocycles. The third kappa shape index (κ3) is 6.30. The molecule has 1 aliphatic heterocycles. The van der Waals surface area contributed by atoms with Crippen molar-refractivity contribution >= 4 is 46.5 Å². The zero-order chi connectivity index (χ0) is 24.2. The van der Waals surface area contributed by atoms with Crippen LogP contribution in [0, 0.1) is 0 Å². The molecular weight excluding hydrogens is 485 g/mol. The van der Waals surface area contributed by atoms with Crippen molar-refractivity contribution in [2.24, 2.45) is 10.7 Å². The fourth-order valence-electron chi connectivity index (χ4n) is 3.00. The number of hydrogen-bond donors (Lipinski definition) is 2. The second-order valence-corrected chi connectivity index (χ2v) is 8.43. The summed E-state index contributed by atoms with van der Waals surface area (Å²) < 4.78 is 42.4. The van der Waals surface area contributed by atoms with Crippen LogP contribution in [0.5, 0.6) is 0 Å². The van der Waals surface area contributed by atoms with Crippen LogP contribution in [0.3, 0.4) is 0 Å². The zero-order valence-corrected chi connectivity index (χ0v) is 18.5. The quantitative estimate of drug-likeness (QED) is 0.481. The summed E-state index contributed by atoms with van der Waals surface area (Å²) >= 11 is 6.75. The Kier molecular flexibility index (Phi) is 7.72. The maximum atomic E-state index is 12.9. The van der Waals surface area contributed by atoms with Gasteiger partial charge in [-0.1, -0.05) is 17.7 Å². The predicted octanol–water partition coefficient (Wildman–Crippen LogP) is 2.47. The molecule has 0 aliphatic carbocycles. The summed E-state index contributed by atoms with van der Waals surface area (Å²) in [6.45, 7) is 0.964. The first-order valence-corrected chi connectivity index (χ1v) is 10.7. The van der Waals surface area contributed by atoms with Gasteiger partial charge < -0.3 is 20.7 Å². The van der Waals surface area contributed by atoms with Crippen LogP contribution in [-0.4, -0.2) is 67.0 Å². The van der Waals surface area contributed by atoms with E-state index in [1.54, 1.807) is 29.2 Å². The van der Waals surface area contributed by atoms with Crippen molar-refractivity contribution < 1.29 is 32.3 Å². The van der Waals surface area contributed by atoms with E-state index < -0.39 is 29.9 Å². The van der Waals surface area contributed by atoms with E-state index in [1.165, 1.54) is 12.1 Å². The van der Waals surface area contributed by atoms with Gasteiger partial charge in [0, 0.05) is 23.7 Å². The lowest BCUT2D eigenvalue weighted by Crippen LogP contribution is -2.53. The Balaban J connectivity index is 1.64. The van der Waals surface area contributed by atoms with Crippen LogP contribution in [-0.2, 0) is 9.53 Å². The van der Waals surface area contributed by atoms with Crippen LogP contribution in [0.2, 0.25) is 5.02 Å². The van der Waals surface area contributed by atoms with Crippen LogP contribution >= 0.6 is 22.9 Å². The molecule has 3 rings (SSSR count). The number of aliphatic imine (C=N–C) groups is 1. The number of carbonyl (C=O) groups excluding carboxylic acids is 3. The molecule has 176 valence electrons. The molecule has 8 nitrogen and oxygen atoms in total. The molecule has 3 N–H and O–H groups in total. The highest BCUT2D eigenvalue weighted by Crippen LogP contribution is 2.20. The third-order valence-corrected chi connectivity index (χ3v) is 5.95. The van der Waals surface area contributed by atoms with Crippen LogP contribution in [0.4, 0.5) is 13.2 Å². The molecule has 1 aromatic carbocycles. The first kappa shape index (κ1) is 24.7. The molecule has 0 radical (unpaired) electrons.